The third-order valence-corrected chi connectivity index (χ3v) is 1.57. The second-order valence-corrected chi connectivity index (χ2v) is 2.68. The first-order valence-electron chi connectivity index (χ1n) is 4.52. The maximum absolute atomic E-state index is 11.4. The summed E-state index contributed by atoms with van der Waals surface area (Å²) in [5.41, 5.74) is 0.371. The fraction of sp³-hybridized carbons (Fsp3) is 0.556. The standard InChI is InChI=1S/C9H14N2O3/c1-4-13-8-7(6-11(3)10-8)9(12)14-5-2/h6H,4-5H2,1-3H3. The molecule has 1 heterocycles. The first kappa shape index (κ1) is 10.6. The second kappa shape index (κ2) is 4.64. The zero-order valence-corrected chi connectivity index (χ0v) is 8.61. The largest absolute Gasteiger partial charge is 0.476 e. The second-order valence-electron chi connectivity index (χ2n) is 2.68. The van der Waals surface area contributed by atoms with Gasteiger partial charge in [-0.25, -0.2) is 4.79 Å². The van der Waals surface area contributed by atoms with Crippen molar-refractivity contribution in [1.82, 2.24) is 9.78 Å². The van der Waals surface area contributed by atoms with E-state index in [1.54, 1.807) is 20.2 Å². The van der Waals surface area contributed by atoms with Crippen LogP contribution in [0.25, 0.3) is 0 Å². The number of carbonyl (C=O) groups excluding carboxylic acids is 1. The van der Waals surface area contributed by atoms with Crippen LogP contribution in [0, 0.1) is 0 Å². The lowest BCUT2D eigenvalue weighted by atomic mass is 10.3. The van der Waals surface area contributed by atoms with Crippen LogP contribution in [0.4, 0.5) is 0 Å². The van der Waals surface area contributed by atoms with Crippen molar-refractivity contribution in [3.63, 3.8) is 0 Å². The Hall–Kier alpha value is -1.52. The van der Waals surface area contributed by atoms with Crippen molar-refractivity contribution in [2.24, 2.45) is 7.05 Å². The van der Waals surface area contributed by atoms with Crippen LogP contribution in [-0.4, -0.2) is 29.0 Å². The minimum atomic E-state index is -0.399. The SMILES string of the molecule is CCOC(=O)c1cn(C)nc1OCC. The molecule has 0 saturated heterocycles. The molecule has 0 N–H and O–H groups in total. The molecule has 0 saturated carbocycles. The molecular weight excluding hydrogens is 184 g/mol. The summed E-state index contributed by atoms with van der Waals surface area (Å²) in [6.45, 7) is 4.42. The Morgan fingerprint density at radius 3 is 2.79 bits per heavy atom. The molecule has 0 aliphatic carbocycles. The van der Waals surface area contributed by atoms with Gasteiger partial charge < -0.3 is 9.47 Å². The minimum Gasteiger partial charge on any atom is -0.476 e. The predicted molar refractivity (Wildman–Crippen MR) is 50.3 cm³/mol. The Kier molecular flexibility index (Phi) is 3.50. The van der Waals surface area contributed by atoms with E-state index in [-0.39, 0.29) is 0 Å². The quantitative estimate of drug-likeness (QED) is 0.677. The van der Waals surface area contributed by atoms with Crippen molar-refractivity contribution >= 4 is 5.97 Å². The maximum Gasteiger partial charge on any atom is 0.345 e. The summed E-state index contributed by atoms with van der Waals surface area (Å²) in [6, 6.07) is 0. The normalized spacial score (nSPS) is 9.93. The topological polar surface area (TPSA) is 53.4 Å². The first-order valence-corrected chi connectivity index (χ1v) is 4.52. The monoisotopic (exact) mass is 198 g/mol. The van der Waals surface area contributed by atoms with Gasteiger partial charge in [-0.3, -0.25) is 4.68 Å². The van der Waals surface area contributed by atoms with Crippen LogP contribution in [0.1, 0.15) is 24.2 Å². The Morgan fingerprint density at radius 2 is 2.21 bits per heavy atom. The van der Waals surface area contributed by atoms with Gasteiger partial charge in [0.1, 0.15) is 5.56 Å². The van der Waals surface area contributed by atoms with Crippen molar-refractivity contribution in [3.8, 4) is 5.88 Å². The summed E-state index contributed by atoms with van der Waals surface area (Å²) in [7, 11) is 1.73. The van der Waals surface area contributed by atoms with Crippen molar-refractivity contribution in [2.75, 3.05) is 13.2 Å². The number of nitrogens with zero attached hydrogens (tertiary/aromatic N) is 2. The highest BCUT2D eigenvalue weighted by atomic mass is 16.5. The van der Waals surface area contributed by atoms with Gasteiger partial charge in [0.25, 0.3) is 0 Å². The molecule has 0 bridgehead atoms. The average Bonchev–Trinajstić information content (AvgIpc) is 2.48. The fourth-order valence-corrected chi connectivity index (χ4v) is 1.06. The first-order chi connectivity index (χ1) is 6.69. The van der Waals surface area contributed by atoms with Gasteiger partial charge >= 0.3 is 5.97 Å². The highest BCUT2D eigenvalue weighted by molar-refractivity contribution is 5.91. The van der Waals surface area contributed by atoms with Crippen LogP contribution in [0.2, 0.25) is 0 Å². The number of ether oxygens (including phenoxy) is 2. The lowest BCUT2D eigenvalue weighted by Crippen LogP contribution is -2.06. The number of esters is 1. The van der Waals surface area contributed by atoms with Gasteiger partial charge in [0, 0.05) is 13.2 Å². The molecule has 0 amide bonds. The molecule has 1 aromatic heterocycles. The molecule has 0 atom stereocenters. The van der Waals surface area contributed by atoms with E-state index in [1.165, 1.54) is 4.68 Å². The summed E-state index contributed by atoms with van der Waals surface area (Å²) in [4.78, 5) is 11.4. The predicted octanol–water partition coefficient (Wildman–Crippen LogP) is 0.996. The van der Waals surface area contributed by atoms with E-state index in [0.29, 0.717) is 24.7 Å². The van der Waals surface area contributed by atoms with Crippen LogP contribution in [0.15, 0.2) is 6.20 Å². The lowest BCUT2D eigenvalue weighted by molar-refractivity contribution is 0.0522. The Labute approximate surface area is 82.6 Å². The average molecular weight is 198 g/mol. The zero-order valence-electron chi connectivity index (χ0n) is 8.61. The number of carbonyl (C=O) groups is 1. The van der Waals surface area contributed by atoms with Gasteiger partial charge in [0.2, 0.25) is 5.88 Å². The summed E-state index contributed by atoms with van der Waals surface area (Å²) in [5.74, 6) is -0.0718. The molecule has 0 fully saturated rings. The van der Waals surface area contributed by atoms with Gasteiger partial charge in [0.05, 0.1) is 13.2 Å². The van der Waals surface area contributed by atoms with Crippen molar-refractivity contribution < 1.29 is 14.3 Å². The van der Waals surface area contributed by atoms with Gasteiger partial charge in [-0.15, -0.1) is 5.10 Å². The molecule has 1 aromatic rings. The van der Waals surface area contributed by atoms with E-state index in [4.69, 9.17) is 9.47 Å². The Morgan fingerprint density at radius 1 is 1.50 bits per heavy atom. The maximum atomic E-state index is 11.4. The highest BCUT2D eigenvalue weighted by Crippen LogP contribution is 2.16. The Balaban J connectivity index is 2.88. The third-order valence-electron chi connectivity index (χ3n) is 1.57. The van der Waals surface area contributed by atoms with Crippen LogP contribution in [-0.2, 0) is 11.8 Å². The molecule has 5 nitrogen and oxygen atoms in total. The van der Waals surface area contributed by atoms with Crippen LogP contribution in [0.5, 0.6) is 5.88 Å². The number of aromatic nitrogens is 2. The van der Waals surface area contributed by atoms with E-state index in [2.05, 4.69) is 5.10 Å². The summed E-state index contributed by atoms with van der Waals surface area (Å²) < 4.78 is 11.6. The Bertz CT molecular complexity index is 320. The fourth-order valence-electron chi connectivity index (χ4n) is 1.06. The zero-order chi connectivity index (χ0) is 10.6. The molecule has 0 radical (unpaired) electrons. The summed E-state index contributed by atoms with van der Waals surface area (Å²) in [6.07, 6.45) is 1.59. The molecule has 14 heavy (non-hydrogen) atoms. The molecule has 78 valence electrons. The molecule has 0 unspecified atom stereocenters. The molecule has 0 aliphatic heterocycles. The molecule has 0 spiro atoms. The molecular formula is C9H14N2O3. The van der Waals surface area contributed by atoms with Gasteiger partial charge in [-0.1, -0.05) is 0 Å². The molecule has 1 rings (SSSR count). The molecule has 0 aromatic carbocycles. The van der Waals surface area contributed by atoms with E-state index >= 15 is 0 Å². The number of rotatable bonds is 4. The van der Waals surface area contributed by atoms with E-state index in [9.17, 15) is 4.79 Å². The minimum absolute atomic E-state index is 0.327. The number of hydrogen-bond donors (Lipinski definition) is 0. The van der Waals surface area contributed by atoms with Gasteiger partial charge in [0.15, 0.2) is 0 Å². The van der Waals surface area contributed by atoms with E-state index < -0.39 is 5.97 Å². The third kappa shape index (κ3) is 2.25. The number of aryl methyl sites for hydroxylation is 1. The summed E-state index contributed by atoms with van der Waals surface area (Å²) in [5, 5.41) is 4.00. The van der Waals surface area contributed by atoms with Crippen LogP contribution >= 0.6 is 0 Å². The molecule has 0 aliphatic rings. The van der Waals surface area contributed by atoms with E-state index in [1.807, 2.05) is 6.92 Å². The van der Waals surface area contributed by atoms with Crippen molar-refractivity contribution in [1.29, 1.82) is 0 Å². The highest BCUT2D eigenvalue weighted by Gasteiger charge is 2.17. The van der Waals surface area contributed by atoms with Crippen LogP contribution in [0.3, 0.4) is 0 Å². The van der Waals surface area contributed by atoms with Crippen LogP contribution < -0.4 is 4.74 Å². The summed E-state index contributed by atoms with van der Waals surface area (Å²) >= 11 is 0. The van der Waals surface area contributed by atoms with Gasteiger partial charge in [-0.2, -0.15) is 0 Å². The van der Waals surface area contributed by atoms with E-state index in [0.717, 1.165) is 0 Å². The lowest BCUT2D eigenvalue weighted by Gasteiger charge is -2.01. The number of hydrogen-bond acceptors (Lipinski definition) is 4. The van der Waals surface area contributed by atoms with Crippen molar-refractivity contribution in [3.05, 3.63) is 11.8 Å². The van der Waals surface area contributed by atoms with Gasteiger partial charge in [-0.05, 0) is 13.8 Å². The van der Waals surface area contributed by atoms with Crippen molar-refractivity contribution in [2.45, 2.75) is 13.8 Å². The smallest absolute Gasteiger partial charge is 0.345 e. The molecule has 5 heteroatoms.